The minimum atomic E-state index is -3.79. The molecule has 0 unspecified atom stereocenters. The normalized spacial score (nSPS) is 11.3. The number of anilines is 1. The van der Waals surface area contributed by atoms with Gasteiger partial charge in [-0.05, 0) is 38.1 Å². The minimum Gasteiger partial charge on any atom is -0.508 e. The third-order valence-corrected chi connectivity index (χ3v) is 3.81. The van der Waals surface area contributed by atoms with Crippen LogP contribution in [0.4, 0.5) is 5.95 Å². The Kier molecular flexibility index (Phi) is 3.34. The monoisotopic (exact) mass is 280 g/mol. The van der Waals surface area contributed by atoms with Gasteiger partial charge in [0.15, 0.2) is 0 Å². The number of sulfonamides is 1. The number of aromatic nitrogens is 3. The molecule has 0 fully saturated rings. The molecule has 0 radical (unpaired) electrons. The molecular formula is C11H12N4O3S. The van der Waals surface area contributed by atoms with Crippen molar-refractivity contribution in [2.75, 3.05) is 4.72 Å². The predicted molar refractivity (Wildman–Crippen MR) is 68.2 cm³/mol. The van der Waals surface area contributed by atoms with Crippen LogP contribution in [0.25, 0.3) is 0 Å². The van der Waals surface area contributed by atoms with E-state index in [1.807, 2.05) is 0 Å². The van der Waals surface area contributed by atoms with Crippen molar-refractivity contribution in [3.63, 3.8) is 0 Å². The SMILES string of the molecule is Cc1nnc(NS(=O)(=O)c2ccc(O)cc2)nc1C. The zero-order chi connectivity index (χ0) is 14.0. The number of hydrogen-bond acceptors (Lipinski definition) is 6. The lowest BCUT2D eigenvalue weighted by molar-refractivity contribution is 0.475. The number of hydrogen-bond donors (Lipinski definition) is 2. The van der Waals surface area contributed by atoms with E-state index in [1.165, 1.54) is 24.3 Å². The molecule has 1 aromatic heterocycles. The lowest BCUT2D eigenvalue weighted by Crippen LogP contribution is -2.16. The Hall–Kier alpha value is -2.22. The molecule has 0 aliphatic carbocycles. The van der Waals surface area contributed by atoms with Crippen molar-refractivity contribution in [3.05, 3.63) is 35.7 Å². The molecule has 0 aliphatic rings. The maximum absolute atomic E-state index is 12.0. The molecule has 2 aromatic rings. The molecule has 2 N–H and O–H groups in total. The smallest absolute Gasteiger partial charge is 0.264 e. The number of phenols is 1. The molecular weight excluding hydrogens is 268 g/mol. The minimum absolute atomic E-state index is 0.00660. The first-order valence-corrected chi connectivity index (χ1v) is 6.86. The second-order valence-corrected chi connectivity index (χ2v) is 5.59. The van der Waals surface area contributed by atoms with Crippen LogP contribution in [-0.2, 0) is 10.0 Å². The van der Waals surface area contributed by atoms with E-state index in [1.54, 1.807) is 13.8 Å². The van der Waals surface area contributed by atoms with Crippen molar-refractivity contribution in [2.45, 2.75) is 18.7 Å². The molecule has 8 heteroatoms. The Morgan fingerprint density at radius 2 is 1.68 bits per heavy atom. The van der Waals surface area contributed by atoms with Crippen LogP contribution in [0, 0.1) is 13.8 Å². The van der Waals surface area contributed by atoms with Crippen LogP contribution in [-0.4, -0.2) is 28.7 Å². The number of aryl methyl sites for hydroxylation is 2. The van der Waals surface area contributed by atoms with Gasteiger partial charge in [0.25, 0.3) is 16.0 Å². The molecule has 0 amide bonds. The molecule has 0 saturated carbocycles. The highest BCUT2D eigenvalue weighted by Crippen LogP contribution is 2.16. The zero-order valence-corrected chi connectivity index (χ0v) is 11.1. The largest absolute Gasteiger partial charge is 0.508 e. The van der Waals surface area contributed by atoms with Gasteiger partial charge in [-0.3, -0.25) is 0 Å². The first kappa shape index (κ1) is 13.2. The summed E-state index contributed by atoms with van der Waals surface area (Å²) in [5.41, 5.74) is 1.23. The molecule has 0 saturated heterocycles. The second kappa shape index (κ2) is 4.81. The van der Waals surface area contributed by atoms with E-state index in [4.69, 9.17) is 5.11 Å². The van der Waals surface area contributed by atoms with E-state index >= 15 is 0 Å². The van der Waals surface area contributed by atoms with Gasteiger partial charge in [-0.15, -0.1) is 5.10 Å². The summed E-state index contributed by atoms with van der Waals surface area (Å²) in [4.78, 5) is 3.99. The Labute approximate surface area is 110 Å². The fourth-order valence-corrected chi connectivity index (χ4v) is 2.24. The molecule has 19 heavy (non-hydrogen) atoms. The summed E-state index contributed by atoms with van der Waals surface area (Å²) in [7, 11) is -3.79. The molecule has 1 heterocycles. The predicted octanol–water partition coefficient (Wildman–Crippen LogP) is 0.995. The van der Waals surface area contributed by atoms with Crippen LogP contribution in [0.15, 0.2) is 29.2 Å². The first-order valence-electron chi connectivity index (χ1n) is 5.38. The van der Waals surface area contributed by atoms with E-state index in [0.29, 0.717) is 11.4 Å². The number of benzene rings is 1. The molecule has 1 aromatic carbocycles. The van der Waals surface area contributed by atoms with Gasteiger partial charge in [0, 0.05) is 0 Å². The average Bonchev–Trinajstić information content (AvgIpc) is 2.34. The van der Waals surface area contributed by atoms with E-state index in [-0.39, 0.29) is 16.6 Å². The van der Waals surface area contributed by atoms with Gasteiger partial charge in [-0.1, -0.05) is 0 Å². The average molecular weight is 280 g/mol. The fourth-order valence-electron chi connectivity index (χ4n) is 1.30. The summed E-state index contributed by atoms with van der Waals surface area (Å²) in [6.07, 6.45) is 0. The molecule has 0 aliphatic heterocycles. The summed E-state index contributed by atoms with van der Waals surface area (Å²) in [6, 6.07) is 5.14. The van der Waals surface area contributed by atoms with Gasteiger partial charge in [-0.2, -0.15) is 5.10 Å². The van der Waals surface area contributed by atoms with Crippen molar-refractivity contribution in [3.8, 4) is 5.75 Å². The summed E-state index contributed by atoms with van der Waals surface area (Å²) >= 11 is 0. The van der Waals surface area contributed by atoms with Crippen molar-refractivity contribution in [1.82, 2.24) is 15.2 Å². The molecule has 100 valence electrons. The quantitative estimate of drug-likeness (QED) is 0.868. The summed E-state index contributed by atoms with van der Waals surface area (Å²) in [5.74, 6) is -0.0979. The highest BCUT2D eigenvalue weighted by atomic mass is 32.2. The number of nitrogens with zero attached hydrogens (tertiary/aromatic N) is 3. The van der Waals surface area contributed by atoms with E-state index in [0.717, 1.165) is 0 Å². The standard InChI is InChI=1S/C11H12N4O3S/c1-7-8(2)13-14-11(12-7)15-19(17,18)10-5-3-9(16)4-6-10/h3-6,16H,1-2H3,(H,12,14,15). The lowest BCUT2D eigenvalue weighted by Gasteiger charge is -2.07. The molecule has 0 bridgehead atoms. The van der Waals surface area contributed by atoms with Crippen molar-refractivity contribution >= 4 is 16.0 Å². The van der Waals surface area contributed by atoms with E-state index < -0.39 is 10.0 Å². The Bertz CT molecular complexity index is 698. The summed E-state index contributed by atoms with van der Waals surface area (Å²) in [5, 5.41) is 16.6. The third-order valence-electron chi connectivity index (χ3n) is 2.46. The topological polar surface area (TPSA) is 105 Å². The van der Waals surface area contributed by atoms with Crippen molar-refractivity contribution in [2.24, 2.45) is 0 Å². The van der Waals surface area contributed by atoms with E-state index in [2.05, 4.69) is 19.9 Å². The van der Waals surface area contributed by atoms with Crippen LogP contribution in [0.2, 0.25) is 0 Å². The highest BCUT2D eigenvalue weighted by Gasteiger charge is 2.16. The van der Waals surface area contributed by atoms with Crippen LogP contribution >= 0.6 is 0 Å². The molecule has 0 atom stereocenters. The first-order chi connectivity index (χ1) is 8.88. The molecule has 0 spiro atoms. The van der Waals surface area contributed by atoms with Crippen LogP contribution < -0.4 is 4.72 Å². The summed E-state index contributed by atoms with van der Waals surface area (Å²) in [6.45, 7) is 3.44. The Morgan fingerprint density at radius 3 is 2.26 bits per heavy atom. The Morgan fingerprint density at radius 1 is 1.05 bits per heavy atom. The van der Waals surface area contributed by atoms with E-state index in [9.17, 15) is 8.42 Å². The lowest BCUT2D eigenvalue weighted by atomic mass is 10.3. The van der Waals surface area contributed by atoms with Gasteiger partial charge in [0.1, 0.15) is 5.75 Å². The number of aromatic hydroxyl groups is 1. The summed E-state index contributed by atoms with van der Waals surface area (Å²) < 4.78 is 26.2. The zero-order valence-electron chi connectivity index (χ0n) is 10.3. The fraction of sp³-hybridized carbons (Fsp3) is 0.182. The number of phenolic OH excluding ortho intramolecular Hbond substituents is 1. The van der Waals surface area contributed by atoms with Gasteiger partial charge in [0.2, 0.25) is 0 Å². The van der Waals surface area contributed by atoms with Gasteiger partial charge in [-0.25, -0.2) is 18.1 Å². The maximum Gasteiger partial charge on any atom is 0.264 e. The maximum atomic E-state index is 12.0. The van der Waals surface area contributed by atoms with Crippen LogP contribution in [0.3, 0.4) is 0 Å². The van der Waals surface area contributed by atoms with Crippen molar-refractivity contribution < 1.29 is 13.5 Å². The van der Waals surface area contributed by atoms with Crippen molar-refractivity contribution in [1.29, 1.82) is 0 Å². The van der Waals surface area contributed by atoms with Gasteiger partial charge in [0.05, 0.1) is 16.3 Å². The highest BCUT2D eigenvalue weighted by molar-refractivity contribution is 7.92. The second-order valence-electron chi connectivity index (χ2n) is 3.91. The number of nitrogens with one attached hydrogen (secondary N) is 1. The molecule has 7 nitrogen and oxygen atoms in total. The van der Waals surface area contributed by atoms with Gasteiger partial charge >= 0.3 is 0 Å². The van der Waals surface area contributed by atoms with Crippen LogP contribution in [0.5, 0.6) is 5.75 Å². The van der Waals surface area contributed by atoms with Crippen LogP contribution in [0.1, 0.15) is 11.4 Å². The van der Waals surface area contributed by atoms with Gasteiger partial charge < -0.3 is 5.11 Å². The third kappa shape index (κ3) is 2.97. The Balaban J connectivity index is 2.30. The number of rotatable bonds is 3. The molecule has 2 rings (SSSR count).